The Kier molecular flexibility index (Phi) is 5.14. The molecule has 1 N–H and O–H groups in total. The summed E-state index contributed by atoms with van der Waals surface area (Å²) in [5, 5.41) is 14.1. The number of nitro benzene ring substituents is 1. The molecule has 6 nitrogen and oxygen atoms in total. The number of hydrogen-bond acceptors (Lipinski definition) is 5. The molecule has 6 heteroatoms. The van der Waals surface area contributed by atoms with Crippen LogP contribution in [0.15, 0.2) is 18.2 Å². The first-order valence-corrected chi connectivity index (χ1v) is 7.38. The van der Waals surface area contributed by atoms with Crippen LogP contribution in [-0.2, 0) is 11.3 Å². The lowest BCUT2D eigenvalue weighted by molar-refractivity contribution is -0.384. The van der Waals surface area contributed by atoms with E-state index >= 15 is 0 Å². The van der Waals surface area contributed by atoms with Crippen molar-refractivity contribution in [1.82, 2.24) is 4.90 Å². The van der Waals surface area contributed by atoms with Crippen LogP contribution in [0.25, 0.3) is 0 Å². The van der Waals surface area contributed by atoms with Crippen LogP contribution < -0.4 is 5.32 Å². The number of hydrogen-bond donors (Lipinski definition) is 1. The van der Waals surface area contributed by atoms with Gasteiger partial charge >= 0.3 is 0 Å². The van der Waals surface area contributed by atoms with E-state index in [1.807, 2.05) is 19.1 Å². The van der Waals surface area contributed by atoms with Gasteiger partial charge in [-0.05, 0) is 32.4 Å². The zero-order valence-electron chi connectivity index (χ0n) is 12.8. The van der Waals surface area contributed by atoms with Crippen LogP contribution in [0.3, 0.4) is 0 Å². The molecule has 0 saturated carbocycles. The SMILES string of the molecule is CCNc1cc(CN2CC(C)OC(C)C2)ccc1[N+](=O)[O-]. The monoisotopic (exact) mass is 293 g/mol. The molecular weight excluding hydrogens is 270 g/mol. The molecule has 2 atom stereocenters. The van der Waals surface area contributed by atoms with Gasteiger partial charge in [0.2, 0.25) is 0 Å². The summed E-state index contributed by atoms with van der Waals surface area (Å²) < 4.78 is 5.72. The van der Waals surface area contributed by atoms with Gasteiger partial charge in [0.1, 0.15) is 5.69 Å². The highest BCUT2D eigenvalue weighted by atomic mass is 16.6. The average molecular weight is 293 g/mol. The van der Waals surface area contributed by atoms with Crippen LogP contribution >= 0.6 is 0 Å². The zero-order valence-corrected chi connectivity index (χ0v) is 12.8. The number of morpholine rings is 1. The molecule has 116 valence electrons. The van der Waals surface area contributed by atoms with Crippen LogP contribution in [0.5, 0.6) is 0 Å². The van der Waals surface area contributed by atoms with E-state index in [0.29, 0.717) is 12.2 Å². The molecule has 2 rings (SSSR count). The highest BCUT2D eigenvalue weighted by Crippen LogP contribution is 2.26. The van der Waals surface area contributed by atoms with Crippen molar-refractivity contribution in [2.75, 3.05) is 25.0 Å². The number of nitro groups is 1. The Morgan fingerprint density at radius 3 is 2.62 bits per heavy atom. The summed E-state index contributed by atoms with van der Waals surface area (Å²) in [6, 6.07) is 5.30. The van der Waals surface area contributed by atoms with Crippen molar-refractivity contribution >= 4 is 11.4 Å². The quantitative estimate of drug-likeness (QED) is 0.667. The molecule has 0 spiro atoms. The molecule has 1 aliphatic rings. The summed E-state index contributed by atoms with van der Waals surface area (Å²) in [6.07, 6.45) is 0.445. The zero-order chi connectivity index (χ0) is 15.4. The first-order chi connectivity index (χ1) is 9.99. The maximum Gasteiger partial charge on any atom is 0.292 e. The fourth-order valence-electron chi connectivity index (χ4n) is 2.84. The van der Waals surface area contributed by atoms with Gasteiger partial charge in [-0.1, -0.05) is 6.07 Å². The molecular formula is C15H23N3O3. The third kappa shape index (κ3) is 4.15. The van der Waals surface area contributed by atoms with E-state index in [2.05, 4.69) is 24.1 Å². The molecule has 1 saturated heterocycles. The minimum Gasteiger partial charge on any atom is -0.380 e. The average Bonchev–Trinajstić information content (AvgIpc) is 2.37. The van der Waals surface area contributed by atoms with Gasteiger partial charge in [0.15, 0.2) is 0 Å². The first-order valence-electron chi connectivity index (χ1n) is 7.38. The normalized spacial score (nSPS) is 23.0. The lowest BCUT2D eigenvalue weighted by Gasteiger charge is -2.35. The van der Waals surface area contributed by atoms with Gasteiger partial charge in [0.25, 0.3) is 5.69 Å². The summed E-state index contributed by atoms with van der Waals surface area (Å²) in [5.74, 6) is 0. The number of anilines is 1. The van der Waals surface area contributed by atoms with Crippen molar-refractivity contribution in [2.45, 2.75) is 39.5 Å². The number of rotatable bonds is 5. The molecule has 1 aliphatic heterocycles. The lowest BCUT2D eigenvalue weighted by Crippen LogP contribution is -2.44. The fraction of sp³-hybridized carbons (Fsp3) is 0.600. The molecule has 1 heterocycles. The second kappa shape index (κ2) is 6.87. The number of ether oxygens (including phenoxy) is 1. The molecule has 0 bridgehead atoms. The molecule has 0 radical (unpaired) electrons. The van der Waals surface area contributed by atoms with Crippen LogP contribution in [0.2, 0.25) is 0 Å². The summed E-state index contributed by atoms with van der Waals surface area (Å²) in [7, 11) is 0. The summed E-state index contributed by atoms with van der Waals surface area (Å²) in [4.78, 5) is 13.0. The van der Waals surface area contributed by atoms with E-state index < -0.39 is 0 Å². The summed E-state index contributed by atoms with van der Waals surface area (Å²) in [6.45, 7) is 9.30. The largest absolute Gasteiger partial charge is 0.380 e. The molecule has 1 fully saturated rings. The number of benzene rings is 1. The lowest BCUT2D eigenvalue weighted by atomic mass is 10.1. The third-order valence-corrected chi connectivity index (χ3v) is 3.53. The summed E-state index contributed by atoms with van der Waals surface area (Å²) in [5.41, 5.74) is 1.80. The Morgan fingerprint density at radius 2 is 2.05 bits per heavy atom. The van der Waals surface area contributed by atoms with Gasteiger partial charge in [-0.25, -0.2) is 0 Å². The van der Waals surface area contributed by atoms with Crippen LogP contribution in [0.4, 0.5) is 11.4 Å². The molecule has 1 aromatic rings. The Balaban J connectivity index is 2.13. The van der Waals surface area contributed by atoms with Gasteiger partial charge in [0.05, 0.1) is 17.1 Å². The first kappa shape index (κ1) is 15.7. The Hall–Kier alpha value is -1.66. The molecule has 2 unspecified atom stereocenters. The predicted molar refractivity (Wildman–Crippen MR) is 82.5 cm³/mol. The molecule has 1 aromatic carbocycles. The second-order valence-electron chi connectivity index (χ2n) is 5.59. The molecule has 21 heavy (non-hydrogen) atoms. The van der Waals surface area contributed by atoms with E-state index in [1.165, 1.54) is 0 Å². The topological polar surface area (TPSA) is 67.6 Å². The molecule has 0 amide bonds. The minimum atomic E-state index is -0.347. The number of nitrogens with zero attached hydrogens (tertiary/aromatic N) is 2. The van der Waals surface area contributed by atoms with Crippen molar-refractivity contribution in [1.29, 1.82) is 0 Å². The maximum atomic E-state index is 11.0. The van der Waals surface area contributed by atoms with Crippen molar-refractivity contribution in [2.24, 2.45) is 0 Å². The summed E-state index contributed by atoms with van der Waals surface area (Å²) >= 11 is 0. The van der Waals surface area contributed by atoms with Gasteiger partial charge in [-0.15, -0.1) is 0 Å². The van der Waals surface area contributed by atoms with Crippen molar-refractivity contribution < 1.29 is 9.66 Å². The Morgan fingerprint density at radius 1 is 1.38 bits per heavy atom. The van der Waals surface area contributed by atoms with Crippen LogP contribution in [0, 0.1) is 10.1 Å². The van der Waals surface area contributed by atoms with E-state index in [4.69, 9.17) is 4.74 Å². The third-order valence-electron chi connectivity index (χ3n) is 3.53. The van der Waals surface area contributed by atoms with Crippen LogP contribution in [-0.4, -0.2) is 41.7 Å². The maximum absolute atomic E-state index is 11.0. The minimum absolute atomic E-state index is 0.129. The van der Waals surface area contributed by atoms with Crippen molar-refractivity contribution in [3.8, 4) is 0 Å². The van der Waals surface area contributed by atoms with Crippen molar-refractivity contribution in [3.05, 3.63) is 33.9 Å². The Labute approximate surface area is 125 Å². The predicted octanol–water partition coefficient (Wildman–Crippen LogP) is 2.64. The van der Waals surface area contributed by atoms with E-state index in [-0.39, 0.29) is 22.8 Å². The highest BCUT2D eigenvalue weighted by molar-refractivity contribution is 5.62. The van der Waals surface area contributed by atoms with Crippen molar-refractivity contribution in [3.63, 3.8) is 0 Å². The van der Waals surface area contributed by atoms with Gasteiger partial charge in [-0.3, -0.25) is 15.0 Å². The smallest absolute Gasteiger partial charge is 0.292 e. The fourth-order valence-corrected chi connectivity index (χ4v) is 2.84. The molecule has 0 aromatic heterocycles. The van der Waals surface area contributed by atoms with Gasteiger partial charge in [0, 0.05) is 32.2 Å². The van der Waals surface area contributed by atoms with E-state index in [1.54, 1.807) is 6.07 Å². The Bertz CT molecular complexity index is 497. The van der Waals surface area contributed by atoms with E-state index in [9.17, 15) is 10.1 Å². The van der Waals surface area contributed by atoms with Gasteiger partial charge < -0.3 is 10.1 Å². The standard InChI is InChI=1S/C15H23N3O3/c1-4-16-14-7-13(5-6-15(14)18(19)20)10-17-8-11(2)21-12(3)9-17/h5-7,11-12,16H,4,8-10H2,1-3H3. The van der Waals surface area contributed by atoms with Crippen LogP contribution in [0.1, 0.15) is 26.3 Å². The van der Waals surface area contributed by atoms with Gasteiger partial charge in [-0.2, -0.15) is 0 Å². The highest BCUT2D eigenvalue weighted by Gasteiger charge is 2.22. The molecule has 0 aliphatic carbocycles. The van der Waals surface area contributed by atoms with E-state index in [0.717, 1.165) is 25.2 Å². The second-order valence-corrected chi connectivity index (χ2v) is 5.59. The number of nitrogens with one attached hydrogen (secondary N) is 1.